The largest absolute Gasteiger partial charge is 0.495 e. The molecule has 0 aliphatic carbocycles. The molecule has 0 spiro atoms. The van der Waals surface area contributed by atoms with Crippen molar-refractivity contribution < 1.29 is 14.6 Å². The van der Waals surface area contributed by atoms with Gasteiger partial charge in [-0.15, -0.1) is 0 Å². The van der Waals surface area contributed by atoms with Crippen molar-refractivity contribution in [2.75, 3.05) is 12.0 Å². The van der Waals surface area contributed by atoms with Gasteiger partial charge in [-0.3, -0.25) is 0 Å². The minimum atomic E-state index is -0.783. The standard InChI is InChI=1S/C18H27NO3/c1-11(2)15(17(20)21)19-16-13(8-7-9-14(16)22-6)12(3)10-18(19,4)5/h7-9,11-12,15H,10H2,1-6H3,(H,20,21)/t12-,15+/m1/s1. The predicted molar refractivity (Wildman–Crippen MR) is 88.8 cm³/mol. The van der Waals surface area contributed by atoms with Crippen LogP contribution in [0.2, 0.25) is 0 Å². The maximum absolute atomic E-state index is 11.9. The number of anilines is 1. The van der Waals surface area contributed by atoms with Crippen molar-refractivity contribution in [3.63, 3.8) is 0 Å². The summed E-state index contributed by atoms with van der Waals surface area (Å²) in [6, 6.07) is 5.41. The Labute approximate surface area is 133 Å². The van der Waals surface area contributed by atoms with Crippen LogP contribution in [0.4, 0.5) is 5.69 Å². The summed E-state index contributed by atoms with van der Waals surface area (Å²) in [7, 11) is 1.64. The molecule has 0 unspecified atom stereocenters. The van der Waals surface area contributed by atoms with Crippen LogP contribution in [0.15, 0.2) is 18.2 Å². The maximum Gasteiger partial charge on any atom is 0.326 e. The molecule has 2 atom stereocenters. The predicted octanol–water partition coefficient (Wildman–Crippen LogP) is 3.90. The zero-order valence-electron chi connectivity index (χ0n) is 14.4. The lowest BCUT2D eigenvalue weighted by molar-refractivity contribution is -0.140. The summed E-state index contributed by atoms with van der Waals surface area (Å²) in [4.78, 5) is 14.0. The van der Waals surface area contributed by atoms with Gasteiger partial charge in [0, 0.05) is 5.54 Å². The fraction of sp³-hybridized carbons (Fsp3) is 0.611. The Morgan fingerprint density at radius 2 is 2.05 bits per heavy atom. The van der Waals surface area contributed by atoms with Crippen LogP contribution in [0, 0.1) is 5.92 Å². The number of para-hydroxylation sites is 1. The first-order chi connectivity index (χ1) is 10.2. The Morgan fingerprint density at radius 1 is 1.41 bits per heavy atom. The van der Waals surface area contributed by atoms with Crippen LogP contribution in [0.3, 0.4) is 0 Å². The number of nitrogens with zero attached hydrogens (tertiary/aromatic N) is 1. The second-order valence-corrected chi connectivity index (χ2v) is 7.21. The van der Waals surface area contributed by atoms with Gasteiger partial charge in [0.1, 0.15) is 11.8 Å². The molecule has 122 valence electrons. The molecule has 0 saturated carbocycles. The van der Waals surface area contributed by atoms with Crippen LogP contribution in [-0.2, 0) is 4.79 Å². The van der Waals surface area contributed by atoms with Gasteiger partial charge in [0.2, 0.25) is 0 Å². The lowest BCUT2D eigenvalue weighted by Gasteiger charge is -2.51. The number of aliphatic carboxylic acids is 1. The molecule has 1 N–H and O–H groups in total. The summed E-state index contributed by atoms with van der Waals surface area (Å²) < 4.78 is 5.56. The van der Waals surface area contributed by atoms with Crippen molar-refractivity contribution in [2.24, 2.45) is 5.92 Å². The second kappa shape index (κ2) is 5.82. The molecular formula is C18H27NO3. The highest BCUT2D eigenvalue weighted by Crippen LogP contribution is 2.49. The van der Waals surface area contributed by atoms with Crippen LogP contribution in [0.25, 0.3) is 0 Å². The summed E-state index contributed by atoms with van der Waals surface area (Å²) in [6.45, 7) is 10.4. The number of hydrogen-bond donors (Lipinski definition) is 1. The molecule has 1 aliphatic heterocycles. The van der Waals surface area contributed by atoms with Gasteiger partial charge in [0.05, 0.1) is 12.8 Å². The molecule has 1 aromatic carbocycles. The number of carboxylic acids is 1. The highest BCUT2D eigenvalue weighted by Gasteiger charge is 2.44. The average molecular weight is 305 g/mol. The number of carboxylic acid groups (broad SMARTS) is 1. The zero-order chi connectivity index (χ0) is 16.7. The number of hydrogen-bond acceptors (Lipinski definition) is 3. The molecule has 0 fully saturated rings. The first kappa shape index (κ1) is 16.7. The highest BCUT2D eigenvalue weighted by molar-refractivity contribution is 5.82. The van der Waals surface area contributed by atoms with E-state index >= 15 is 0 Å². The van der Waals surface area contributed by atoms with E-state index < -0.39 is 12.0 Å². The summed E-state index contributed by atoms with van der Waals surface area (Å²) in [6.07, 6.45) is 0.920. The molecule has 1 aliphatic rings. The molecule has 4 nitrogen and oxygen atoms in total. The molecule has 22 heavy (non-hydrogen) atoms. The van der Waals surface area contributed by atoms with Gasteiger partial charge in [-0.25, -0.2) is 4.79 Å². The van der Waals surface area contributed by atoms with Crippen molar-refractivity contribution in [2.45, 2.75) is 58.5 Å². The first-order valence-electron chi connectivity index (χ1n) is 7.89. The molecule has 4 heteroatoms. The maximum atomic E-state index is 11.9. The lowest BCUT2D eigenvalue weighted by atomic mass is 9.78. The van der Waals surface area contributed by atoms with Crippen molar-refractivity contribution in [3.8, 4) is 5.75 Å². The van der Waals surface area contributed by atoms with Crippen molar-refractivity contribution in [1.29, 1.82) is 0 Å². The van der Waals surface area contributed by atoms with Crippen LogP contribution < -0.4 is 9.64 Å². The van der Waals surface area contributed by atoms with E-state index in [-0.39, 0.29) is 11.5 Å². The van der Waals surface area contributed by atoms with Gasteiger partial charge >= 0.3 is 5.97 Å². The third-order valence-electron chi connectivity index (χ3n) is 4.64. The zero-order valence-corrected chi connectivity index (χ0v) is 14.4. The third-order valence-corrected chi connectivity index (χ3v) is 4.64. The molecule has 0 radical (unpaired) electrons. The number of ether oxygens (including phenoxy) is 1. The Bertz CT molecular complexity index is 565. The van der Waals surface area contributed by atoms with Gasteiger partial charge in [-0.2, -0.15) is 0 Å². The second-order valence-electron chi connectivity index (χ2n) is 7.21. The Morgan fingerprint density at radius 3 is 2.55 bits per heavy atom. The van der Waals surface area contributed by atoms with E-state index in [0.717, 1.165) is 17.9 Å². The number of carbonyl (C=O) groups is 1. The molecule has 2 rings (SSSR count). The van der Waals surface area contributed by atoms with Gasteiger partial charge in [0.15, 0.2) is 0 Å². The van der Waals surface area contributed by atoms with Crippen LogP contribution in [0.5, 0.6) is 5.75 Å². The molecule has 0 aromatic heterocycles. The molecule has 0 bridgehead atoms. The molecule has 1 aromatic rings. The van der Waals surface area contributed by atoms with Gasteiger partial charge in [0.25, 0.3) is 0 Å². The quantitative estimate of drug-likeness (QED) is 0.916. The van der Waals surface area contributed by atoms with E-state index in [0.29, 0.717) is 5.92 Å². The smallest absolute Gasteiger partial charge is 0.326 e. The van der Waals surface area contributed by atoms with Crippen molar-refractivity contribution >= 4 is 11.7 Å². The number of benzene rings is 1. The van der Waals surface area contributed by atoms with E-state index in [1.807, 2.05) is 26.0 Å². The Hall–Kier alpha value is -1.71. The van der Waals surface area contributed by atoms with Gasteiger partial charge in [-0.1, -0.05) is 32.9 Å². The summed E-state index contributed by atoms with van der Waals surface area (Å²) in [5, 5.41) is 9.80. The van der Waals surface area contributed by atoms with E-state index in [1.54, 1.807) is 7.11 Å². The molecule has 1 heterocycles. The summed E-state index contributed by atoms with van der Waals surface area (Å²) in [5.74, 6) is 0.347. The number of fused-ring (bicyclic) bond motifs is 1. The lowest BCUT2D eigenvalue weighted by Crippen LogP contribution is -2.58. The first-order valence-corrected chi connectivity index (χ1v) is 7.89. The highest BCUT2D eigenvalue weighted by atomic mass is 16.5. The number of rotatable bonds is 4. The van der Waals surface area contributed by atoms with Crippen LogP contribution in [0.1, 0.15) is 52.5 Å². The fourth-order valence-electron chi connectivity index (χ4n) is 3.83. The topological polar surface area (TPSA) is 49.8 Å². The number of methoxy groups -OCH3 is 1. The van der Waals surface area contributed by atoms with Gasteiger partial charge in [-0.05, 0) is 43.7 Å². The SMILES string of the molecule is COc1cccc2c1N([C@H](C(=O)O)C(C)C)C(C)(C)C[C@H]2C. The third kappa shape index (κ3) is 2.67. The van der Waals surface area contributed by atoms with E-state index in [9.17, 15) is 9.90 Å². The summed E-state index contributed by atoms with van der Waals surface area (Å²) in [5.41, 5.74) is 1.87. The van der Waals surface area contributed by atoms with E-state index in [1.165, 1.54) is 5.56 Å². The average Bonchev–Trinajstić information content (AvgIpc) is 2.41. The minimum absolute atomic E-state index is 0.00273. The van der Waals surface area contributed by atoms with Crippen molar-refractivity contribution in [3.05, 3.63) is 23.8 Å². The monoisotopic (exact) mass is 305 g/mol. The summed E-state index contributed by atoms with van der Waals surface area (Å²) >= 11 is 0. The van der Waals surface area contributed by atoms with E-state index in [4.69, 9.17) is 4.74 Å². The molecule has 0 saturated heterocycles. The molecular weight excluding hydrogens is 278 g/mol. The van der Waals surface area contributed by atoms with Gasteiger partial charge < -0.3 is 14.7 Å². The van der Waals surface area contributed by atoms with E-state index in [2.05, 4.69) is 31.7 Å². The molecule has 0 amide bonds. The Balaban J connectivity index is 2.71. The normalized spacial score (nSPS) is 21.4. The van der Waals surface area contributed by atoms with Crippen LogP contribution >= 0.6 is 0 Å². The Kier molecular flexibility index (Phi) is 4.41. The van der Waals surface area contributed by atoms with Crippen molar-refractivity contribution in [1.82, 2.24) is 0 Å². The fourth-order valence-corrected chi connectivity index (χ4v) is 3.83. The van der Waals surface area contributed by atoms with Crippen LogP contribution in [-0.4, -0.2) is 29.8 Å². The minimum Gasteiger partial charge on any atom is -0.495 e.